The molecule has 0 atom stereocenters. The van der Waals surface area contributed by atoms with Gasteiger partial charge in [-0.25, -0.2) is 0 Å². The Morgan fingerprint density at radius 1 is 1.00 bits per heavy atom. The predicted octanol–water partition coefficient (Wildman–Crippen LogP) is 3.10. The molecule has 2 heterocycles. The smallest absolute Gasteiger partial charge is 0.289 e. The fraction of sp³-hybridized carbons (Fsp3) is 0.250. The van der Waals surface area contributed by atoms with E-state index in [9.17, 15) is 9.59 Å². The molecule has 7 heteroatoms. The van der Waals surface area contributed by atoms with Gasteiger partial charge in [-0.05, 0) is 35.9 Å². The Hall–Kier alpha value is -3.74. The number of rotatable bonds is 5. The van der Waals surface area contributed by atoms with Gasteiger partial charge in [-0.1, -0.05) is 30.3 Å². The van der Waals surface area contributed by atoms with Gasteiger partial charge in [0.05, 0.1) is 11.8 Å². The van der Waals surface area contributed by atoms with Gasteiger partial charge in [0.25, 0.3) is 11.8 Å². The quantitative estimate of drug-likeness (QED) is 0.644. The molecule has 0 radical (unpaired) electrons. The van der Waals surface area contributed by atoms with E-state index in [-0.39, 0.29) is 11.8 Å². The van der Waals surface area contributed by atoms with Crippen molar-refractivity contribution in [1.29, 1.82) is 0 Å². The first kappa shape index (κ1) is 20.5. The van der Waals surface area contributed by atoms with Crippen LogP contribution in [0.15, 0.2) is 71.3 Å². The van der Waals surface area contributed by atoms with Crippen molar-refractivity contribution in [3.8, 4) is 0 Å². The summed E-state index contributed by atoms with van der Waals surface area (Å²) in [5.74, 6) is 0.153. The highest BCUT2D eigenvalue weighted by molar-refractivity contribution is 6.00. The molecule has 1 fully saturated rings. The third kappa shape index (κ3) is 4.55. The molecule has 3 aromatic rings. The molecular formula is C24H26N4O3. The number of furan rings is 1. The van der Waals surface area contributed by atoms with Gasteiger partial charge in [0.15, 0.2) is 5.76 Å². The van der Waals surface area contributed by atoms with Crippen molar-refractivity contribution < 1.29 is 14.0 Å². The number of carbonyl (C=O) groups is 2. The van der Waals surface area contributed by atoms with E-state index in [4.69, 9.17) is 10.2 Å². The number of nitrogens with zero attached hydrogens (tertiary/aromatic N) is 3. The number of nitrogens with two attached hydrogens (primary N) is 1. The number of anilines is 2. The second-order valence-electron chi connectivity index (χ2n) is 7.68. The average Bonchev–Trinajstić information content (AvgIpc) is 3.34. The maximum Gasteiger partial charge on any atom is 0.289 e. The molecule has 1 aliphatic heterocycles. The summed E-state index contributed by atoms with van der Waals surface area (Å²) >= 11 is 0. The van der Waals surface area contributed by atoms with Crippen LogP contribution in [-0.4, -0.2) is 54.8 Å². The molecule has 31 heavy (non-hydrogen) atoms. The summed E-state index contributed by atoms with van der Waals surface area (Å²) in [5.41, 5.74) is 9.03. The van der Waals surface area contributed by atoms with Gasteiger partial charge in [-0.2, -0.15) is 0 Å². The maximum absolute atomic E-state index is 13.3. The third-order valence-electron chi connectivity index (χ3n) is 5.50. The predicted molar refractivity (Wildman–Crippen MR) is 120 cm³/mol. The molecule has 1 aliphatic rings. The van der Waals surface area contributed by atoms with Crippen molar-refractivity contribution in [3.63, 3.8) is 0 Å². The van der Waals surface area contributed by atoms with Gasteiger partial charge in [-0.3, -0.25) is 9.59 Å². The molecule has 0 saturated carbocycles. The van der Waals surface area contributed by atoms with Crippen molar-refractivity contribution in [2.75, 3.05) is 43.9 Å². The summed E-state index contributed by atoms with van der Waals surface area (Å²) in [6.07, 6.45) is 1.50. The second-order valence-corrected chi connectivity index (χ2v) is 7.68. The van der Waals surface area contributed by atoms with Crippen molar-refractivity contribution in [1.82, 2.24) is 9.80 Å². The summed E-state index contributed by atoms with van der Waals surface area (Å²) in [4.78, 5) is 31.4. The van der Waals surface area contributed by atoms with Gasteiger partial charge in [0.2, 0.25) is 0 Å². The van der Waals surface area contributed by atoms with E-state index in [1.165, 1.54) is 6.26 Å². The number of hydrogen-bond donors (Lipinski definition) is 1. The first-order chi connectivity index (χ1) is 15.0. The molecule has 2 N–H and O–H groups in total. The summed E-state index contributed by atoms with van der Waals surface area (Å²) in [5, 5.41) is 0. The minimum Gasteiger partial charge on any atom is -0.459 e. The summed E-state index contributed by atoms with van der Waals surface area (Å²) in [7, 11) is 1.79. The highest BCUT2D eigenvalue weighted by Gasteiger charge is 2.26. The van der Waals surface area contributed by atoms with Crippen LogP contribution in [0.25, 0.3) is 0 Å². The molecule has 2 aromatic carbocycles. The Morgan fingerprint density at radius 3 is 2.42 bits per heavy atom. The Morgan fingerprint density at radius 2 is 1.74 bits per heavy atom. The Bertz CT molecular complexity index is 1040. The summed E-state index contributed by atoms with van der Waals surface area (Å²) in [6.45, 7) is 2.87. The molecule has 1 aromatic heterocycles. The fourth-order valence-corrected chi connectivity index (χ4v) is 3.84. The topological polar surface area (TPSA) is 83.0 Å². The van der Waals surface area contributed by atoms with Gasteiger partial charge in [-0.15, -0.1) is 0 Å². The number of amides is 2. The largest absolute Gasteiger partial charge is 0.459 e. The van der Waals surface area contributed by atoms with Crippen LogP contribution in [0.1, 0.15) is 26.5 Å². The zero-order chi connectivity index (χ0) is 21.8. The molecule has 1 saturated heterocycles. The van der Waals surface area contributed by atoms with Crippen LogP contribution in [-0.2, 0) is 6.54 Å². The maximum atomic E-state index is 13.3. The van der Waals surface area contributed by atoms with E-state index in [1.807, 2.05) is 42.5 Å². The van der Waals surface area contributed by atoms with E-state index in [1.54, 1.807) is 35.0 Å². The number of hydrogen-bond acceptors (Lipinski definition) is 5. The standard InChI is InChI=1S/C24H26N4O3/c1-26(17-18-6-3-2-4-7-18)23(29)20-16-19(25)9-10-21(20)27-11-13-28(14-12-27)24(30)22-8-5-15-31-22/h2-10,15-16H,11-14,17,25H2,1H3. The lowest BCUT2D eigenvalue weighted by atomic mass is 10.1. The summed E-state index contributed by atoms with van der Waals surface area (Å²) < 4.78 is 5.23. The molecule has 7 nitrogen and oxygen atoms in total. The van der Waals surface area contributed by atoms with Crippen molar-refractivity contribution >= 4 is 23.2 Å². The van der Waals surface area contributed by atoms with E-state index in [0.717, 1.165) is 11.3 Å². The van der Waals surface area contributed by atoms with Crippen LogP contribution in [0, 0.1) is 0 Å². The zero-order valence-corrected chi connectivity index (χ0v) is 17.5. The van der Waals surface area contributed by atoms with Crippen molar-refractivity contribution in [2.45, 2.75) is 6.54 Å². The molecular weight excluding hydrogens is 392 g/mol. The Balaban J connectivity index is 1.48. The molecule has 0 unspecified atom stereocenters. The van der Waals surface area contributed by atoms with E-state index >= 15 is 0 Å². The van der Waals surface area contributed by atoms with Crippen LogP contribution in [0.4, 0.5) is 11.4 Å². The van der Waals surface area contributed by atoms with E-state index in [0.29, 0.717) is 49.7 Å². The SMILES string of the molecule is CN(Cc1ccccc1)C(=O)c1cc(N)ccc1N1CCN(C(=O)c2ccco2)CC1. The molecule has 4 rings (SSSR count). The van der Waals surface area contributed by atoms with Crippen molar-refractivity contribution in [3.05, 3.63) is 83.8 Å². The highest BCUT2D eigenvalue weighted by atomic mass is 16.3. The zero-order valence-electron chi connectivity index (χ0n) is 17.5. The second kappa shape index (κ2) is 8.95. The van der Waals surface area contributed by atoms with Crippen LogP contribution in [0.3, 0.4) is 0 Å². The molecule has 2 amide bonds. The van der Waals surface area contributed by atoms with Crippen molar-refractivity contribution in [2.24, 2.45) is 0 Å². The number of piperazine rings is 1. The highest BCUT2D eigenvalue weighted by Crippen LogP contribution is 2.26. The van der Waals surface area contributed by atoms with Gasteiger partial charge < -0.3 is 24.9 Å². The monoisotopic (exact) mass is 418 g/mol. The first-order valence-electron chi connectivity index (χ1n) is 10.3. The van der Waals surface area contributed by atoms with Gasteiger partial charge >= 0.3 is 0 Å². The molecule has 0 bridgehead atoms. The van der Waals surface area contributed by atoms with E-state index in [2.05, 4.69) is 4.90 Å². The first-order valence-corrected chi connectivity index (χ1v) is 10.3. The third-order valence-corrected chi connectivity index (χ3v) is 5.50. The molecule has 160 valence electrons. The minimum atomic E-state index is -0.110. The Labute approximate surface area is 181 Å². The number of benzene rings is 2. The van der Waals surface area contributed by atoms with Crippen LogP contribution < -0.4 is 10.6 Å². The lowest BCUT2D eigenvalue weighted by Crippen LogP contribution is -2.49. The summed E-state index contributed by atoms with van der Waals surface area (Å²) in [6, 6.07) is 18.7. The minimum absolute atomic E-state index is 0.0831. The van der Waals surface area contributed by atoms with Gasteiger partial charge in [0.1, 0.15) is 0 Å². The lowest BCUT2D eigenvalue weighted by molar-refractivity contribution is 0.0712. The Kier molecular flexibility index (Phi) is 5.93. The van der Waals surface area contributed by atoms with Gasteiger partial charge in [0, 0.05) is 51.1 Å². The van der Waals surface area contributed by atoms with Crippen LogP contribution in [0.5, 0.6) is 0 Å². The van der Waals surface area contributed by atoms with Crippen LogP contribution >= 0.6 is 0 Å². The molecule has 0 aliphatic carbocycles. The fourth-order valence-electron chi connectivity index (χ4n) is 3.84. The van der Waals surface area contributed by atoms with E-state index < -0.39 is 0 Å². The average molecular weight is 418 g/mol. The lowest BCUT2D eigenvalue weighted by Gasteiger charge is -2.36. The number of carbonyl (C=O) groups excluding carboxylic acids is 2. The van der Waals surface area contributed by atoms with Crippen LogP contribution in [0.2, 0.25) is 0 Å². The normalized spacial score (nSPS) is 13.8. The number of nitrogen functional groups attached to an aromatic ring is 1. The molecule has 0 spiro atoms.